The van der Waals surface area contributed by atoms with Crippen LogP contribution in [0.15, 0.2) is 84.9 Å². The van der Waals surface area contributed by atoms with Gasteiger partial charge in [0.25, 0.3) is 0 Å². The van der Waals surface area contributed by atoms with Crippen molar-refractivity contribution in [3.63, 3.8) is 0 Å². The topological polar surface area (TPSA) is 50.4 Å². The molecule has 0 aliphatic rings. The SMILES string of the molecule is O=C(CNCCc1ccccc1)Nc1cccc(OCc2ccccc2)c1. The molecular formula is C23H24N2O2. The quantitative estimate of drug-likeness (QED) is 0.566. The largest absolute Gasteiger partial charge is 0.489 e. The summed E-state index contributed by atoms with van der Waals surface area (Å²) in [5.74, 6) is 0.664. The van der Waals surface area contributed by atoms with Crippen molar-refractivity contribution in [2.45, 2.75) is 13.0 Å². The fourth-order valence-electron chi connectivity index (χ4n) is 2.69. The average Bonchev–Trinajstić information content (AvgIpc) is 2.72. The van der Waals surface area contributed by atoms with Crippen LogP contribution in [0.2, 0.25) is 0 Å². The molecule has 138 valence electrons. The summed E-state index contributed by atoms with van der Waals surface area (Å²) in [6.07, 6.45) is 0.900. The first-order valence-corrected chi connectivity index (χ1v) is 9.11. The van der Waals surface area contributed by atoms with Crippen molar-refractivity contribution < 1.29 is 9.53 Å². The van der Waals surface area contributed by atoms with Crippen LogP contribution in [0.25, 0.3) is 0 Å². The molecule has 0 saturated carbocycles. The normalized spacial score (nSPS) is 10.4. The molecule has 0 heterocycles. The smallest absolute Gasteiger partial charge is 0.238 e. The van der Waals surface area contributed by atoms with Crippen LogP contribution >= 0.6 is 0 Å². The molecule has 0 atom stereocenters. The predicted octanol–water partition coefficient (Wildman–Crippen LogP) is 4.04. The van der Waals surface area contributed by atoms with Crippen molar-refractivity contribution in [1.29, 1.82) is 0 Å². The van der Waals surface area contributed by atoms with E-state index in [0.717, 1.165) is 30.0 Å². The van der Waals surface area contributed by atoms with Gasteiger partial charge < -0.3 is 15.4 Å². The third-order valence-corrected chi connectivity index (χ3v) is 4.08. The molecule has 27 heavy (non-hydrogen) atoms. The molecule has 0 unspecified atom stereocenters. The number of nitrogens with one attached hydrogen (secondary N) is 2. The fourth-order valence-corrected chi connectivity index (χ4v) is 2.69. The van der Waals surface area contributed by atoms with Gasteiger partial charge in [-0.1, -0.05) is 66.7 Å². The summed E-state index contributed by atoms with van der Waals surface area (Å²) in [4.78, 5) is 12.1. The maximum Gasteiger partial charge on any atom is 0.238 e. The number of anilines is 1. The Morgan fingerprint density at radius 1 is 0.815 bits per heavy atom. The Morgan fingerprint density at radius 3 is 2.26 bits per heavy atom. The third-order valence-electron chi connectivity index (χ3n) is 4.08. The minimum Gasteiger partial charge on any atom is -0.489 e. The van der Waals surface area contributed by atoms with Gasteiger partial charge >= 0.3 is 0 Å². The fraction of sp³-hybridized carbons (Fsp3) is 0.174. The van der Waals surface area contributed by atoms with Crippen LogP contribution in [0.4, 0.5) is 5.69 Å². The third kappa shape index (κ3) is 6.60. The number of hydrogen-bond acceptors (Lipinski definition) is 3. The first-order chi connectivity index (χ1) is 13.3. The Balaban J connectivity index is 1.41. The van der Waals surface area contributed by atoms with E-state index in [2.05, 4.69) is 22.8 Å². The van der Waals surface area contributed by atoms with Crippen LogP contribution in [-0.4, -0.2) is 19.0 Å². The number of benzene rings is 3. The van der Waals surface area contributed by atoms with Crippen LogP contribution in [0.3, 0.4) is 0 Å². The minimum atomic E-state index is -0.0664. The molecule has 3 rings (SSSR count). The standard InChI is InChI=1S/C23H24N2O2/c26-23(17-24-15-14-19-8-3-1-4-9-19)25-21-12-7-13-22(16-21)27-18-20-10-5-2-6-11-20/h1-13,16,24H,14-15,17-18H2,(H,25,26). The Labute approximate surface area is 160 Å². The lowest BCUT2D eigenvalue weighted by atomic mass is 10.1. The van der Waals surface area contributed by atoms with E-state index in [9.17, 15) is 4.79 Å². The molecular weight excluding hydrogens is 336 g/mol. The molecule has 4 nitrogen and oxygen atoms in total. The monoisotopic (exact) mass is 360 g/mol. The average molecular weight is 360 g/mol. The Hall–Kier alpha value is -3.11. The van der Waals surface area contributed by atoms with Gasteiger partial charge in [0.05, 0.1) is 6.54 Å². The van der Waals surface area contributed by atoms with Crippen molar-refractivity contribution in [2.24, 2.45) is 0 Å². The Kier molecular flexibility index (Phi) is 7.01. The summed E-state index contributed by atoms with van der Waals surface area (Å²) in [5, 5.41) is 6.07. The highest BCUT2D eigenvalue weighted by Gasteiger charge is 2.04. The molecule has 1 amide bonds. The van der Waals surface area contributed by atoms with Crippen molar-refractivity contribution in [2.75, 3.05) is 18.4 Å². The molecule has 2 N–H and O–H groups in total. The second-order valence-corrected chi connectivity index (χ2v) is 6.26. The summed E-state index contributed by atoms with van der Waals surface area (Å²) in [7, 11) is 0. The van der Waals surface area contributed by atoms with Crippen molar-refractivity contribution in [3.8, 4) is 5.75 Å². The summed E-state index contributed by atoms with van der Waals surface area (Å²) in [6.45, 7) is 1.54. The first-order valence-electron chi connectivity index (χ1n) is 9.11. The number of hydrogen-bond donors (Lipinski definition) is 2. The van der Waals surface area contributed by atoms with Crippen LogP contribution < -0.4 is 15.4 Å². The van der Waals surface area contributed by atoms with Gasteiger partial charge in [-0.25, -0.2) is 0 Å². The molecule has 0 fully saturated rings. The van der Waals surface area contributed by atoms with Gasteiger partial charge in [-0.15, -0.1) is 0 Å². The molecule has 0 spiro atoms. The molecule has 4 heteroatoms. The minimum absolute atomic E-state index is 0.0664. The van der Waals surface area contributed by atoms with Crippen molar-refractivity contribution in [3.05, 3.63) is 96.1 Å². The molecule has 0 bridgehead atoms. The summed E-state index contributed by atoms with van der Waals surface area (Å²) >= 11 is 0. The van der Waals surface area contributed by atoms with Gasteiger partial charge in [-0.05, 0) is 36.2 Å². The number of amides is 1. The molecule has 0 aromatic heterocycles. The van der Waals surface area contributed by atoms with E-state index in [1.165, 1.54) is 5.56 Å². The van der Waals surface area contributed by atoms with E-state index < -0.39 is 0 Å². The maximum absolute atomic E-state index is 12.1. The predicted molar refractivity (Wildman–Crippen MR) is 109 cm³/mol. The lowest BCUT2D eigenvalue weighted by molar-refractivity contribution is -0.115. The van der Waals surface area contributed by atoms with Crippen LogP contribution in [0.1, 0.15) is 11.1 Å². The molecule has 0 radical (unpaired) electrons. The molecule has 0 aliphatic carbocycles. The molecule has 3 aromatic carbocycles. The van der Waals surface area contributed by atoms with Gasteiger partial charge in [-0.2, -0.15) is 0 Å². The zero-order valence-corrected chi connectivity index (χ0v) is 15.2. The molecule has 3 aromatic rings. The maximum atomic E-state index is 12.1. The second kappa shape index (κ2) is 10.1. The highest BCUT2D eigenvalue weighted by molar-refractivity contribution is 5.92. The first kappa shape index (κ1) is 18.7. The molecule has 0 saturated heterocycles. The zero-order valence-electron chi connectivity index (χ0n) is 15.2. The van der Waals surface area contributed by atoms with Gasteiger partial charge in [0, 0.05) is 11.8 Å². The highest BCUT2D eigenvalue weighted by atomic mass is 16.5. The van der Waals surface area contributed by atoms with Crippen molar-refractivity contribution >= 4 is 11.6 Å². The summed E-state index contributed by atoms with van der Waals surface area (Å²) in [5.41, 5.74) is 3.10. The Bertz CT molecular complexity index is 835. The Morgan fingerprint density at radius 2 is 1.52 bits per heavy atom. The number of carbonyl (C=O) groups is 1. The van der Waals surface area contributed by atoms with E-state index in [0.29, 0.717) is 6.61 Å². The second-order valence-electron chi connectivity index (χ2n) is 6.26. The highest BCUT2D eigenvalue weighted by Crippen LogP contribution is 2.18. The summed E-state index contributed by atoms with van der Waals surface area (Å²) < 4.78 is 5.79. The van der Waals surface area contributed by atoms with E-state index in [-0.39, 0.29) is 12.5 Å². The van der Waals surface area contributed by atoms with Crippen LogP contribution in [0.5, 0.6) is 5.75 Å². The van der Waals surface area contributed by atoms with Crippen molar-refractivity contribution in [1.82, 2.24) is 5.32 Å². The number of carbonyl (C=O) groups excluding carboxylic acids is 1. The van der Waals surface area contributed by atoms with E-state index in [1.54, 1.807) is 0 Å². The van der Waals surface area contributed by atoms with E-state index >= 15 is 0 Å². The number of rotatable bonds is 9. The van der Waals surface area contributed by atoms with Crippen LogP contribution in [0, 0.1) is 0 Å². The van der Waals surface area contributed by atoms with Gasteiger partial charge in [-0.3, -0.25) is 4.79 Å². The number of ether oxygens (including phenoxy) is 1. The summed E-state index contributed by atoms with van der Waals surface area (Å²) in [6, 6.07) is 27.7. The lowest BCUT2D eigenvalue weighted by Crippen LogP contribution is -2.29. The van der Waals surface area contributed by atoms with Gasteiger partial charge in [0.15, 0.2) is 0 Å². The van der Waals surface area contributed by atoms with E-state index in [4.69, 9.17) is 4.74 Å². The zero-order chi connectivity index (χ0) is 18.7. The van der Waals surface area contributed by atoms with Crippen LogP contribution in [-0.2, 0) is 17.8 Å². The van der Waals surface area contributed by atoms with Gasteiger partial charge in [0.1, 0.15) is 12.4 Å². The lowest BCUT2D eigenvalue weighted by Gasteiger charge is -2.10. The molecule has 0 aliphatic heterocycles. The van der Waals surface area contributed by atoms with Gasteiger partial charge in [0.2, 0.25) is 5.91 Å². The van der Waals surface area contributed by atoms with E-state index in [1.807, 2.05) is 72.8 Å².